The molecule has 0 aliphatic carbocycles. The Morgan fingerprint density at radius 3 is 2.44 bits per heavy atom. The molecule has 0 unspecified atom stereocenters. The largest absolute Gasteiger partial charge is 0.456 e. The third-order valence-electron chi connectivity index (χ3n) is 3.01. The first-order valence-corrected chi connectivity index (χ1v) is 6.03. The lowest BCUT2D eigenvalue weighted by Crippen LogP contribution is -2.12. The lowest BCUT2D eigenvalue weighted by molar-refractivity contribution is 0.579. The van der Waals surface area contributed by atoms with Gasteiger partial charge in [-0.1, -0.05) is 33.4 Å². The highest BCUT2D eigenvalue weighted by atomic mass is 16.3. The molecule has 0 saturated heterocycles. The van der Waals surface area contributed by atoms with E-state index in [1.165, 1.54) is 6.07 Å². The highest BCUT2D eigenvalue weighted by Crippen LogP contribution is 2.25. The molecule has 0 N–H and O–H groups in total. The molecule has 2 aromatic rings. The maximum Gasteiger partial charge on any atom is 0.193 e. The zero-order valence-corrected chi connectivity index (χ0v) is 11.3. The van der Waals surface area contributed by atoms with Crippen molar-refractivity contribution in [3.63, 3.8) is 0 Å². The third-order valence-corrected chi connectivity index (χ3v) is 3.01. The van der Waals surface area contributed by atoms with Gasteiger partial charge in [-0.2, -0.15) is 0 Å². The molecule has 0 atom stereocenters. The lowest BCUT2D eigenvalue weighted by atomic mass is 9.86. The summed E-state index contributed by atoms with van der Waals surface area (Å²) < 4.78 is 5.67. The van der Waals surface area contributed by atoms with Crippen LogP contribution in [0.3, 0.4) is 0 Å². The molecule has 0 saturated carbocycles. The molecule has 1 heterocycles. The molecule has 18 heavy (non-hydrogen) atoms. The maximum atomic E-state index is 12.1. The Balaban J connectivity index is 2.74. The van der Waals surface area contributed by atoms with Gasteiger partial charge < -0.3 is 4.42 Å². The van der Waals surface area contributed by atoms with Crippen molar-refractivity contribution in [2.45, 2.75) is 33.1 Å². The Morgan fingerprint density at radius 1 is 1.22 bits per heavy atom. The molecular formula is C16H18O2. The minimum absolute atomic E-state index is 0.0136. The van der Waals surface area contributed by atoms with Crippen molar-refractivity contribution >= 4 is 16.5 Å². The Hall–Kier alpha value is -1.83. The minimum Gasteiger partial charge on any atom is -0.456 e. The Bertz CT molecular complexity index is 670. The van der Waals surface area contributed by atoms with Crippen molar-refractivity contribution in [3.8, 4) is 0 Å². The van der Waals surface area contributed by atoms with Gasteiger partial charge in [-0.25, -0.2) is 0 Å². The zero-order valence-electron chi connectivity index (χ0n) is 11.3. The van der Waals surface area contributed by atoms with E-state index in [2.05, 4.69) is 27.4 Å². The number of rotatable bonds is 1. The molecule has 0 bridgehead atoms. The van der Waals surface area contributed by atoms with E-state index in [1.807, 2.05) is 25.1 Å². The molecule has 0 spiro atoms. The molecule has 0 aliphatic rings. The molecule has 1 aromatic carbocycles. The van der Waals surface area contributed by atoms with Crippen molar-refractivity contribution in [2.24, 2.45) is 0 Å². The summed E-state index contributed by atoms with van der Waals surface area (Å²) in [5, 5.41) is 0.632. The molecule has 0 fully saturated rings. The summed E-state index contributed by atoms with van der Waals surface area (Å²) in [7, 11) is 0. The smallest absolute Gasteiger partial charge is 0.193 e. The molecule has 2 rings (SSSR count). The normalized spacial score (nSPS) is 11.8. The highest BCUT2D eigenvalue weighted by molar-refractivity contribution is 5.79. The number of benzene rings is 1. The summed E-state index contributed by atoms with van der Waals surface area (Å²) in [6.07, 6.45) is 0. The summed E-state index contributed by atoms with van der Waals surface area (Å²) in [5.41, 5.74) is 2.52. The van der Waals surface area contributed by atoms with Gasteiger partial charge in [0.05, 0.1) is 5.39 Å². The topological polar surface area (TPSA) is 30.2 Å². The Morgan fingerprint density at radius 2 is 1.89 bits per heavy atom. The van der Waals surface area contributed by atoms with Gasteiger partial charge >= 0.3 is 0 Å². The number of fused-ring (bicyclic) bond motifs is 1. The van der Waals surface area contributed by atoms with Crippen LogP contribution >= 0.6 is 0 Å². The second kappa shape index (κ2) is 4.13. The van der Waals surface area contributed by atoms with E-state index < -0.39 is 0 Å². The quantitative estimate of drug-likeness (QED) is 0.752. The van der Waals surface area contributed by atoms with Crippen molar-refractivity contribution in [1.29, 1.82) is 0 Å². The molecule has 2 heteroatoms. The van der Waals surface area contributed by atoms with Crippen molar-refractivity contribution in [3.05, 3.63) is 52.4 Å². The monoisotopic (exact) mass is 242 g/mol. The maximum absolute atomic E-state index is 12.1. The van der Waals surface area contributed by atoms with Gasteiger partial charge in [-0.15, -0.1) is 0 Å². The summed E-state index contributed by atoms with van der Waals surface area (Å²) in [4.78, 5) is 12.1. The Kier molecular flexibility index (Phi) is 2.89. The SMILES string of the molecule is C=C(C)c1cc(=O)c2cc(C(C)(C)C)ccc2o1. The highest BCUT2D eigenvalue weighted by Gasteiger charge is 2.15. The average molecular weight is 242 g/mol. The van der Waals surface area contributed by atoms with Gasteiger partial charge in [0.2, 0.25) is 0 Å². The van der Waals surface area contributed by atoms with Gasteiger partial charge in [-0.05, 0) is 35.6 Å². The first-order chi connectivity index (χ1) is 8.29. The molecule has 0 amide bonds. The van der Waals surface area contributed by atoms with Crippen LogP contribution < -0.4 is 5.43 Å². The lowest BCUT2D eigenvalue weighted by Gasteiger charge is -2.19. The van der Waals surface area contributed by atoms with Gasteiger partial charge in [-0.3, -0.25) is 4.79 Å². The van der Waals surface area contributed by atoms with E-state index in [9.17, 15) is 4.79 Å². The van der Waals surface area contributed by atoms with Crippen LogP contribution in [0.5, 0.6) is 0 Å². The van der Waals surface area contributed by atoms with E-state index in [4.69, 9.17) is 4.42 Å². The number of hydrogen-bond acceptors (Lipinski definition) is 2. The molecule has 0 aliphatic heterocycles. The van der Waals surface area contributed by atoms with Gasteiger partial charge in [0.15, 0.2) is 5.43 Å². The fourth-order valence-electron chi connectivity index (χ4n) is 1.83. The van der Waals surface area contributed by atoms with Crippen LogP contribution in [-0.4, -0.2) is 0 Å². The van der Waals surface area contributed by atoms with E-state index in [0.29, 0.717) is 16.7 Å². The van der Waals surface area contributed by atoms with Crippen LogP contribution in [0.4, 0.5) is 0 Å². The average Bonchev–Trinajstić information content (AvgIpc) is 2.27. The predicted molar refractivity (Wildman–Crippen MR) is 75.9 cm³/mol. The van der Waals surface area contributed by atoms with E-state index in [0.717, 1.165) is 11.1 Å². The van der Waals surface area contributed by atoms with Crippen LogP contribution in [0.15, 0.2) is 40.1 Å². The standard InChI is InChI=1S/C16H18O2/c1-10(2)15-9-13(17)12-8-11(16(3,4)5)6-7-14(12)18-15/h6-9H,1H2,2-5H3. The van der Waals surface area contributed by atoms with Crippen LogP contribution in [0.1, 0.15) is 39.0 Å². The van der Waals surface area contributed by atoms with Crippen LogP contribution in [0.25, 0.3) is 16.5 Å². The molecule has 1 aromatic heterocycles. The predicted octanol–water partition coefficient (Wildman–Crippen LogP) is 4.12. The van der Waals surface area contributed by atoms with Gasteiger partial charge in [0, 0.05) is 6.07 Å². The fourth-order valence-corrected chi connectivity index (χ4v) is 1.83. The van der Waals surface area contributed by atoms with E-state index in [-0.39, 0.29) is 10.8 Å². The van der Waals surface area contributed by atoms with Crippen molar-refractivity contribution in [2.75, 3.05) is 0 Å². The van der Waals surface area contributed by atoms with Crippen LogP contribution in [-0.2, 0) is 5.41 Å². The van der Waals surface area contributed by atoms with Gasteiger partial charge in [0.25, 0.3) is 0 Å². The number of hydrogen-bond donors (Lipinski definition) is 0. The summed E-state index contributed by atoms with van der Waals surface area (Å²) in [5.74, 6) is 0.552. The van der Waals surface area contributed by atoms with E-state index in [1.54, 1.807) is 0 Å². The number of allylic oxidation sites excluding steroid dienone is 1. The van der Waals surface area contributed by atoms with Gasteiger partial charge in [0.1, 0.15) is 11.3 Å². The molecule has 2 nitrogen and oxygen atoms in total. The fraction of sp³-hybridized carbons (Fsp3) is 0.312. The molecule has 0 radical (unpaired) electrons. The van der Waals surface area contributed by atoms with E-state index >= 15 is 0 Å². The van der Waals surface area contributed by atoms with Crippen LogP contribution in [0.2, 0.25) is 0 Å². The molecular weight excluding hydrogens is 224 g/mol. The minimum atomic E-state index is -0.0136. The van der Waals surface area contributed by atoms with Crippen LogP contribution in [0, 0.1) is 0 Å². The second-order valence-corrected chi connectivity index (χ2v) is 5.72. The summed E-state index contributed by atoms with van der Waals surface area (Å²) in [6, 6.07) is 7.30. The van der Waals surface area contributed by atoms with Crippen molar-refractivity contribution in [1.82, 2.24) is 0 Å². The first kappa shape index (κ1) is 12.6. The summed E-state index contributed by atoms with van der Waals surface area (Å²) in [6.45, 7) is 12.0. The summed E-state index contributed by atoms with van der Waals surface area (Å²) >= 11 is 0. The Labute approximate surface area is 107 Å². The third kappa shape index (κ3) is 2.23. The van der Waals surface area contributed by atoms with Crippen molar-refractivity contribution < 1.29 is 4.42 Å². The second-order valence-electron chi connectivity index (χ2n) is 5.72. The molecule has 94 valence electrons. The first-order valence-electron chi connectivity index (χ1n) is 6.03. The zero-order chi connectivity index (χ0) is 13.5.